The van der Waals surface area contributed by atoms with Gasteiger partial charge in [-0.1, -0.05) is 0 Å². The predicted molar refractivity (Wildman–Crippen MR) is 59.9 cm³/mol. The van der Waals surface area contributed by atoms with E-state index < -0.39 is 6.10 Å². The molecule has 0 saturated carbocycles. The smallest absolute Gasteiger partial charge is 0.272 e. The van der Waals surface area contributed by atoms with E-state index in [0.717, 1.165) is 0 Å². The highest BCUT2D eigenvalue weighted by Crippen LogP contribution is 2.09. The van der Waals surface area contributed by atoms with Crippen molar-refractivity contribution in [2.75, 3.05) is 25.4 Å². The van der Waals surface area contributed by atoms with Crippen molar-refractivity contribution >= 4 is 11.6 Å². The van der Waals surface area contributed by atoms with Crippen molar-refractivity contribution in [1.82, 2.24) is 9.88 Å². The second kappa shape index (κ2) is 4.80. The van der Waals surface area contributed by atoms with Crippen LogP contribution in [-0.4, -0.2) is 41.6 Å². The van der Waals surface area contributed by atoms with Crippen molar-refractivity contribution in [3.8, 4) is 6.07 Å². The van der Waals surface area contributed by atoms with Gasteiger partial charge < -0.3 is 15.4 Å². The number of hydrogen-bond donors (Lipinski definition) is 1. The summed E-state index contributed by atoms with van der Waals surface area (Å²) in [6, 6.07) is 5.20. The van der Waals surface area contributed by atoms with Crippen LogP contribution in [0.25, 0.3) is 0 Å². The normalized spacial score (nSPS) is 19.7. The molecule has 0 aromatic carbocycles. The van der Waals surface area contributed by atoms with Crippen molar-refractivity contribution in [1.29, 1.82) is 5.26 Å². The molecule has 1 amide bonds. The summed E-state index contributed by atoms with van der Waals surface area (Å²) in [5, 5.41) is 8.75. The first kappa shape index (κ1) is 11.4. The number of pyridine rings is 1. The van der Waals surface area contributed by atoms with E-state index in [0.29, 0.717) is 24.5 Å². The van der Waals surface area contributed by atoms with E-state index in [9.17, 15) is 4.79 Å². The van der Waals surface area contributed by atoms with E-state index in [4.69, 9.17) is 15.7 Å². The lowest BCUT2D eigenvalue weighted by atomic mass is 10.2. The number of nitrogens with two attached hydrogens (primary N) is 1. The maximum Gasteiger partial charge on any atom is 0.272 e. The van der Waals surface area contributed by atoms with E-state index >= 15 is 0 Å². The van der Waals surface area contributed by atoms with Crippen LogP contribution in [0.4, 0.5) is 5.69 Å². The maximum atomic E-state index is 12.0. The molecule has 17 heavy (non-hydrogen) atoms. The number of nitriles is 1. The molecule has 2 heterocycles. The monoisotopic (exact) mass is 232 g/mol. The number of rotatable bonds is 1. The Morgan fingerprint density at radius 3 is 3.12 bits per heavy atom. The van der Waals surface area contributed by atoms with E-state index in [-0.39, 0.29) is 12.5 Å². The lowest BCUT2D eigenvalue weighted by Gasteiger charge is -2.29. The van der Waals surface area contributed by atoms with E-state index in [2.05, 4.69) is 4.98 Å². The predicted octanol–water partition coefficient (Wildman–Crippen LogP) is 0.0284. The van der Waals surface area contributed by atoms with E-state index in [1.165, 1.54) is 6.20 Å². The van der Waals surface area contributed by atoms with Crippen LogP contribution in [0.15, 0.2) is 18.3 Å². The fourth-order valence-corrected chi connectivity index (χ4v) is 1.61. The summed E-state index contributed by atoms with van der Waals surface area (Å²) in [6.07, 6.45) is 0.886. The number of ether oxygens (including phenoxy) is 1. The van der Waals surface area contributed by atoms with E-state index in [1.807, 2.05) is 6.07 Å². The van der Waals surface area contributed by atoms with Crippen molar-refractivity contribution in [2.45, 2.75) is 6.10 Å². The number of nitrogen functional groups attached to an aromatic ring is 1. The molecule has 1 aromatic rings. The zero-order valence-corrected chi connectivity index (χ0v) is 9.17. The Labute approximate surface area is 98.6 Å². The van der Waals surface area contributed by atoms with Gasteiger partial charge in [-0.15, -0.1) is 0 Å². The Morgan fingerprint density at radius 2 is 2.47 bits per heavy atom. The highest BCUT2D eigenvalue weighted by molar-refractivity contribution is 5.92. The first-order chi connectivity index (χ1) is 8.20. The molecule has 1 aliphatic heterocycles. The molecule has 0 bridgehead atoms. The summed E-state index contributed by atoms with van der Waals surface area (Å²) in [6.45, 7) is 1.13. The lowest BCUT2D eigenvalue weighted by Crippen LogP contribution is -2.45. The quantitative estimate of drug-likeness (QED) is 0.737. The van der Waals surface area contributed by atoms with E-state index in [1.54, 1.807) is 17.0 Å². The molecule has 0 radical (unpaired) electrons. The third kappa shape index (κ3) is 2.52. The van der Waals surface area contributed by atoms with Crippen LogP contribution in [0.3, 0.4) is 0 Å². The van der Waals surface area contributed by atoms with Crippen LogP contribution in [0, 0.1) is 11.3 Å². The average Bonchev–Trinajstić information content (AvgIpc) is 2.39. The Bertz CT molecular complexity index is 452. The molecule has 6 nitrogen and oxygen atoms in total. The van der Waals surface area contributed by atoms with Gasteiger partial charge in [0.1, 0.15) is 5.69 Å². The molecular formula is C11H12N4O2. The minimum atomic E-state index is -0.554. The largest absolute Gasteiger partial charge is 0.397 e. The maximum absolute atomic E-state index is 12.0. The fraction of sp³-hybridized carbons (Fsp3) is 0.364. The summed E-state index contributed by atoms with van der Waals surface area (Å²) in [7, 11) is 0. The molecule has 2 rings (SSSR count). The number of anilines is 1. The third-order valence-corrected chi connectivity index (χ3v) is 2.50. The van der Waals surface area contributed by atoms with Gasteiger partial charge in [0.05, 0.1) is 31.1 Å². The molecule has 0 spiro atoms. The number of carbonyl (C=O) groups excluding carboxylic acids is 1. The summed E-state index contributed by atoms with van der Waals surface area (Å²) in [4.78, 5) is 17.6. The van der Waals surface area contributed by atoms with Crippen LogP contribution in [0.1, 0.15) is 10.5 Å². The lowest BCUT2D eigenvalue weighted by molar-refractivity contribution is 0.00320. The molecule has 2 N–H and O–H groups in total. The second-order valence-electron chi connectivity index (χ2n) is 3.72. The van der Waals surface area contributed by atoms with Gasteiger partial charge in [0.25, 0.3) is 5.91 Å². The minimum absolute atomic E-state index is 0.200. The number of carbonyl (C=O) groups is 1. The van der Waals surface area contributed by atoms with Crippen molar-refractivity contribution in [2.24, 2.45) is 0 Å². The topological polar surface area (TPSA) is 92.2 Å². The van der Waals surface area contributed by atoms with Gasteiger partial charge in [0, 0.05) is 6.54 Å². The highest BCUT2D eigenvalue weighted by atomic mass is 16.5. The summed E-state index contributed by atoms with van der Waals surface area (Å²) in [5.74, 6) is -0.200. The summed E-state index contributed by atoms with van der Waals surface area (Å²) < 4.78 is 5.17. The van der Waals surface area contributed by atoms with Crippen molar-refractivity contribution < 1.29 is 9.53 Å². The van der Waals surface area contributed by atoms with Gasteiger partial charge in [-0.3, -0.25) is 4.79 Å². The molecular weight excluding hydrogens is 220 g/mol. The second-order valence-corrected chi connectivity index (χ2v) is 3.72. The van der Waals surface area contributed by atoms with Crippen LogP contribution in [0.5, 0.6) is 0 Å². The Morgan fingerprint density at radius 1 is 1.65 bits per heavy atom. The van der Waals surface area contributed by atoms with Crippen molar-refractivity contribution in [3.05, 3.63) is 24.0 Å². The molecule has 6 heteroatoms. The first-order valence-corrected chi connectivity index (χ1v) is 5.22. The SMILES string of the molecule is N#CC1CN(C(=O)c2ccc(N)cn2)CCO1. The Kier molecular flexibility index (Phi) is 3.21. The molecule has 1 fully saturated rings. The molecule has 0 aliphatic carbocycles. The van der Waals surface area contributed by atoms with Crippen molar-refractivity contribution in [3.63, 3.8) is 0 Å². The van der Waals surface area contributed by atoms with Crippen LogP contribution < -0.4 is 5.73 Å². The number of hydrogen-bond acceptors (Lipinski definition) is 5. The van der Waals surface area contributed by atoms with Gasteiger partial charge in [-0.25, -0.2) is 4.98 Å². The van der Waals surface area contributed by atoms with Crippen LogP contribution in [-0.2, 0) is 4.74 Å². The Hall–Kier alpha value is -2.13. The van der Waals surface area contributed by atoms with Gasteiger partial charge in [-0.05, 0) is 12.1 Å². The van der Waals surface area contributed by atoms with Gasteiger partial charge >= 0.3 is 0 Å². The minimum Gasteiger partial charge on any atom is -0.397 e. The zero-order valence-electron chi connectivity index (χ0n) is 9.17. The third-order valence-electron chi connectivity index (χ3n) is 2.50. The van der Waals surface area contributed by atoms with Gasteiger partial charge in [0.15, 0.2) is 6.10 Å². The number of aromatic nitrogens is 1. The standard InChI is InChI=1S/C11H12N4O2/c12-5-9-7-15(3-4-17-9)11(16)10-2-1-8(13)6-14-10/h1-2,6,9H,3-4,7,13H2. The summed E-state index contributed by atoms with van der Waals surface area (Å²) >= 11 is 0. The molecule has 88 valence electrons. The molecule has 1 atom stereocenters. The molecule has 1 aromatic heterocycles. The number of morpholine rings is 1. The van der Waals surface area contributed by atoms with Crippen LogP contribution >= 0.6 is 0 Å². The molecule has 1 aliphatic rings. The molecule has 1 unspecified atom stereocenters. The average molecular weight is 232 g/mol. The van der Waals surface area contributed by atoms with Gasteiger partial charge in [0.2, 0.25) is 0 Å². The Balaban J connectivity index is 2.09. The first-order valence-electron chi connectivity index (χ1n) is 5.22. The molecule has 1 saturated heterocycles. The van der Waals surface area contributed by atoms with Gasteiger partial charge in [-0.2, -0.15) is 5.26 Å². The van der Waals surface area contributed by atoms with Crippen LogP contribution in [0.2, 0.25) is 0 Å². The fourth-order valence-electron chi connectivity index (χ4n) is 1.61. The highest BCUT2D eigenvalue weighted by Gasteiger charge is 2.25. The zero-order chi connectivity index (χ0) is 12.3. The number of nitrogens with zero attached hydrogens (tertiary/aromatic N) is 3. The summed E-state index contributed by atoms with van der Waals surface area (Å²) in [5.41, 5.74) is 6.34. The number of amides is 1.